The molecule has 2 aromatic rings. The lowest BCUT2D eigenvalue weighted by molar-refractivity contribution is -0.141. The van der Waals surface area contributed by atoms with Crippen LogP contribution in [0.3, 0.4) is 0 Å². The van der Waals surface area contributed by atoms with Crippen LogP contribution in [0, 0.1) is 18.7 Å². The Bertz CT molecular complexity index is 1750. The zero-order chi connectivity index (χ0) is 33.5. The maximum absolute atomic E-state index is 14.5. The summed E-state index contributed by atoms with van der Waals surface area (Å²) in [5.74, 6) is -3.24. The van der Waals surface area contributed by atoms with E-state index in [0.29, 0.717) is 43.3 Å². The Hall–Kier alpha value is -4.34. The van der Waals surface area contributed by atoms with Crippen molar-refractivity contribution in [3.8, 4) is 5.88 Å². The average molecular weight is 673 g/mol. The number of ether oxygens (including phenoxy) is 1. The maximum atomic E-state index is 14.5. The Morgan fingerprint density at radius 2 is 1.94 bits per heavy atom. The van der Waals surface area contributed by atoms with Crippen LogP contribution in [0.2, 0.25) is 0 Å². The SMILES string of the molecule is Cc1nc2cccc(F)c2nc1O[C@@H]1C[C@H]2C(=O)N[C@]3(C(=O)NS(=O)(=O)C4CC4)C[C@H]3C=CCCCCC[C@H](NC(=O)O)C(=O)N2C1. The molecule has 4 aliphatic rings. The van der Waals surface area contributed by atoms with E-state index >= 15 is 0 Å². The second kappa shape index (κ2) is 12.7. The predicted octanol–water partition coefficient (Wildman–Crippen LogP) is 2.07. The predicted molar refractivity (Wildman–Crippen MR) is 165 cm³/mol. The Morgan fingerprint density at radius 3 is 2.68 bits per heavy atom. The van der Waals surface area contributed by atoms with Gasteiger partial charge in [0.25, 0.3) is 5.91 Å². The van der Waals surface area contributed by atoms with Crippen molar-refractivity contribution < 1.29 is 41.8 Å². The summed E-state index contributed by atoms with van der Waals surface area (Å²) in [7, 11) is -3.90. The van der Waals surface area contributed by atoms with Gasteiger partial charge in [-0.25, -0.2) is 27.6 Å². The fraction of sp³-hybridized carbons (Fsp3) is 0.548. The first-order chi connectivity index (χ1) is 22.4. The molecular weight excluding hydrogens is 635 g/mol. The molecule has 3 heterocycles. The molecule has 0 unspecified atom stereocenters. The first-order valence-corrected chi connectivity index (χ1v) is 17.4. The van der Waals surface area contributed by atoms with Crippen LogP contribution in [0.1, 0.15) is 63.5 Å². The minimum atomic E-state index is -3.90. The number of aromatic nitrogens is 2. The number of carbonyl (C=O) groups excluding carboxylic acids is 3. The second-order valence-corrected chi connectivity index (χ2v) is 14.7. The summed E-state index contributed by atoms with van der Waals surface area (Å²) in [5, 5.41) is 13.9. The minimum Gasteiger partial charge on any atom is -0.471 e. The summed E-state index contributed by atoms with van der Waals surface area (Å²) < 4.78 is 48.1. The van der Waals surface area contributed by atoms with Crippen LogP contribution in [0.5, 0.6) is 5.88 Å². The number of carboxylic acid groups (broad SMARTS) is 1. The summed E-state index contributed by atoms with van der Waals surface area (Å²) in [4.78, 5) is 63.0. The van der Waals surface area contributed by atoms with Crippen molar-refractivity contribution in [3.05, 3.63) is 41.9 Å². The third kappa shape index (κ3) is 6.87. The van der Waals surface area contributed by atoms with Gasteiger partial charge in [-0.05, 0) is 57.6 Å². The van der Waals surface area contributed by atoms with Crippen LogP contribution < -0.4 is 20.1 Å². The summed E-state index contributed by atoms with van der Waals surface area (Å²) >= 11 is 0. The van der Waals surface area contributed by atoms with E-state index in [0.717, 1.165) is 6.42 Å². The highest BCUT2D eigenvalue weighted by molar-refractivity contribution is 7.91. The van der Waals surface area contributed by atoms with Crippen molar-refractivity contribution in [2.45, 2.75) is 93.7 Å². The molecule has 2 saturated carbocycles. The quantitative estimate of drug-likeness (QED) is 0.330. The molecule has 4 N–H and O–H groups in total. The van der Waals surface area contributed by atoms with E-state index in [1.807, 2.05) is 12.2 Å². The van der Waals surface area contributed by atoms with Crippen molar-refractivity contribution in [2.75, 3.05) is 6.54 Å². The van der Waals surface area contributed by atoms with Gasteiger partial charge in [-0.2, -0.15) is 0 Å². The number of hydrogen-bond donors (Lipinski definition) is 4. The van der Waals surface area contributed by atoms with Crippen LogP contribution in [-0.4, -0.2) is 87.7 Å². The van der Waals surface area contributed by atoms with Gasteiger partial charge in [-0.1, -0.05) is 31.1 Å². The largest absolute Gasteiger partial charge is 0.471 e. The summed E-state index contributed by atoms with van der Waals surface area (Å²) in [6, 6.07) is 2.01. The summed E-state index contributed by atoms with van der Waals surface area (Å²) in [5.41, 5.74) is -0.872. The molecule has 2 aliphatic heterocycles. The standard InChI is InChI=1S/C31H37FN6O8S/c1-17-27(35-25-21(32)9-7-11-22(25)33-17)46-19-14-24-26(39)36-31(29(41)37-47(44,45)20-12-13-20)15-18(31)8-5-3-2-4-6-10-23(34-30(42)43)28(40)38(24)16-19/h5,7-9,11,18-20,23-24,34H,2-4,6,10,12-16H2,1H3,(H,36,39)(H,37,41)(H,42,43)/t18-,19-,23+,24+,31-/m1/s1. The van der Waals surface area contributed by atoms with Crippen LogP contribution in [0.25, 0.3) is 11.0 Å². The van der Waals surface area contributed by atoms with Crippen LogP contribution in [0.4, 0.5) is 9.18 Å². The van der Waals surface area contributed by atoms with E-state index < -0.39 is 74.5 Å². The molecule has 2 aliphatic carbocycles. The zero-order valence-electron chi connectivity index (χ0n) is 25.8. The maximum Gasteiger partial charge on any atom is 0.405 e. The fourth-order valence-electron chi connectivity index (χ4n) is 6.38. The van der Waals surface area contributed by atoms with Crippen molar-refractivity contribution in [2.24, 2.45) is 5.92 Å². The number of para-hydroxylation sites is 1. The van der Waals surface area contributed by atoms with E-state index in [1.54, 1.807) is 13.0 Å². The topological polar surface area (TPSA) is 197 Å². The number of fused-ring (bicyclic) bond motifs is 3. The molecule has 0 bridgehead atoms. The Morgan fingerprint density at radius 1 is 1.15 bits per heavy atom. The molecule has 3 fully saturated rings. The number of amides is 4. The average Bonchev–Trinajstić information content (AvgIpc) is 3.93. The number of aryl methyl sites for hydroxylation is 1. The van der Waals surface area contributed by atoms with Crippen molar-refractivity contribution in [3.63, 3.8) is 0 Å². The number of halogens is 1. The second-order valence-electron chi connectivity index (χ2n) is 12.7. The number of hydrogen-bond acceptors (Lipinski definition) is 9. The van der Waals surface area contributed by atoms with Gasteiger partial charge < -0.3 is 25.4 Å². The lowest BCUT2D eigenvalue weighted by Crippen LogP contribution is -2.58. The van der Waals surface area contributed by atoms with Gasteiger partial charge in [-0.3, -0.25) is 19.1 Å². The highest BCUT2D eigenvalue weighted by atomic mass is 32.2. The van der Waals surface area contributed by atoms with E-state index in [-0.39, 0.29) is 37.2 Å². The highest BCUT2D eigenvalue weighted by Crippen LogP contribution is 2.46. The molecule has 1 aromatic carbocycles. The molecule has 6 rings (SSSR count). The molecule has 0 spiro atoms. The van der Waals surface area contributed by atoms with Crippen molar-refractivity contribution in [1.29, 1.82) is 0 Å². The number of benzene rings is 1. The van der Waals surface area contributed by atoms with E-state index in [1.165, 1.54) is 17.0 Å². The molecule has 16 heteroatoms. The zero-order valence-corrected chi connectivity index (χ0v) is 26.6. The molecule has 0 radical (unpaired) electrons. The third-order valence-corrected chi connectivity index (χ3v) is 11.0. The van der Waals surface area contributed by atoms with Crippen molar-refractivity contribution in [1.82, 2.24) is 30.2 Å². The van der Waals surface area contributed by atoms with Crippen LogP contribution in [0.15, 0.2) is 30.4 Å². The van der Waals surface area contributed by atoms with Crippen LogP contribution >= 0.6 is 0 Å². The Balaban J connectivity index is 1.30. The molecule has 14 nitrogen and oxygen atoms in total. The van der Waals surface area contributed by atoms with Gasteiger partial charge in [0.05, 0.1) is 17.3 Å². The van der Waals surface area contributed by atoms with E-state index in [9.17, 15) is 37.1 Å². The van der Waals surface area contributed by atoms with Gasteiger partial charge in [0.2, 0.25) is 27.7 Å². The lowest BCUT2D eigenvalue weighted by Gasteiger charge is -2.29. The summed E-state index contributed by atoms with van der Waals surface area (Å²) in [6.07, 6.45) is 5.33. The lowest BCUT2D eigenvalue weighted by atomic mass is 10.1. The fourth-order valence-corrected chi connectivity index (χ4v) is 7.75. The van der Waals surface area contributed by atoms with Gasteiger partial charge in [0, 0.05) is 12.3 Å². The molecule has 47 heavy (non-hydrogen) atoms. The molecule has 1 saturated heterocycles. The first-order valence-electron chi connectivity index (χ1n) is 15.8. The number of sulfonamides is 1. The number of rotatable bonds is 6. The van der Waals surface area contributed by atoms with E-state index in [2.05, 4.69) is 25.3 Å². The first kappa shape index (κ1) is 32.6. The number of nitrogens with zero attached hydrogens (tertiary/aromatic N) is 3. The van der Waals surface area contributed by atoms with Gasteiger partial charge >= 0.3 is 6.09 Å². The Labute approximate surface area is 270 Å². The minimum absolute atomic E-state index is 0.0111. The van der Waals surface area contributed by atoms with E-state index in [4.69, 9.17) is 4.74 Å². The monoisotopic (exact) mass is 672 g/mol. The molecule has 5 atom stereocenters. The van der Waals surface area contributed by atoms with Crippen LogP contribution in [-0.2, 0) is 24.4 Å². The normalized spacial score (nSPS) is 28.3. The summed E-state index contributed by atoms with van der Waals surface area (Å²) in [6.45, 7) is 1.49. The molecular formula is C31H37FN6O8S. The number of carbonyl (C=O) groups is 4. The molecule has 252 valence electrons. The van der Waals surface area contributed by atoms with Gasteiger partial charge in [0.15, 0.2) is 5.82 Å². The van der Waals surface area contributed by atoms with Crippen molar-refractivity contribution >= 4 is 44.9 Å². The molecule has 1 aromatic heterocycles. The third-order valence-electron chi connectivity index (χ3n) is 9.20. The number of nitrogens with one attached hydrogen (secondary N) is 3. The smallest absolute Gasteiger partial charge is 0.405 e. The van der Waals surface area contributed by atoms with Gasteiger partial charge in [0.1, 0.15) is 34.9 Å². The Kier molecular flexibility index (Phi) is 8.80. The number of allylic oxidation sites excluding steroid dienone is 1. The highest BCUT2D eigenvalue weighted by Gasteiger charge is 2.62. The van der Waals surface area contributed by atoms with Gasteiger partial charge in [-0.15, -0.1) is 0 Å². The molecule has 4 amide bonds.